The maximum Gasteiger partial charge on any atom is 0.256 e. The van der Waals surface area contributed by atoms with E-state index < -0.39 is 17.5 Å². The van der Waals surface area contributed by atoms with Crippen LogP contribution in [0.4, 0.5) is 8.78 Å². The van der Waals surface area contributed by atoms with Gasteiger partial charge < -0.3 is 15.0 Å². The minimum Gasteiger partial charge on any atom is -0.353 e. The average Bonchev–Trinajstić information content (AvgIpc) is 2.53. The predicted molar refractivity (Wildman–Crippen MR) is 83.3 cm³/mol. The molecule has 7 heteroatoms. The number of carbonyl (C=O) groups excluding carboxylic acids is 3. The molecule has 130 valence electrons. The number of piperidine rings is 1. The molecule has 2 rings (SSSR count). The normalized spacial score (nSPS) is 15.2. The minimum atomic E-state index is -0.875. The second-order valence-electron chi connectivity index (χ2n) is 5.96. The highest BCUT2D eigenvalue weighted by Crippen LogP contribution is 2.17. The Labute approximate surface area is 139 Å². The van der Waals surface area contributed by atoms with Crippen LogP contribution < -0.4 is 5.32 Å². The summed E-state index contributed by atoms with van der Waals surface area (Å²) in [6.45, 7) is 2.20. The number of halogens is 2. The van der Waals surface area contributed by atoms with Gasteiger partial charge in [-0.05, 0) is 31.9 Å². The fourth-order valence-corrected chi connectivity index (χ4v) is 2.65. The number of nitrogens with one attached hydrogen (secondary N) is 1. The van der Waals surface area contributed by atoms with Crippen LogP contribution in [0.25, 0.3) is 0 Å². The molecular weight excluding hydrogens is 318 g/mol. The summed E-state index contributed by atoms with van der Waals surface area (Å²) in [5.74, 6) is -2.30. The first-order chi connectivity index (χ1) is 11.4. The zero-order valence-electron chi connectivity index (χ0n) is 13.5. The van der Waals surface area contributed by atoms with Crippen molar-refractivity contribution in [2.24, 2.45) is 0 Å². The van der Waals surface area contributed by atoms with Crippen LogP contribution in [0.1, 0.15) is 43.0 Å². The molecule has 2 amide bonds. The fraction of sp³-hybridized carbons (Fsp3) is 0.471. The largest absolute Gasteiger partial charge is 0.353 e. The zero-order valence-corrected chi connectivity index (χ0v) is 13.5. The van der Waals surface area contributed by atoms with Gasteiger partial charge in [-0.15, -0.1) is 0 Å². The number of carbonyl (C=O) groups is 3. The van der Waals surface area contributed by atoms with Crippen LogP contribution in [-0.2, 0) is 9.59 Å². The summed E-state index contributed by atoms with van der Waals surface area (Å²) in [5, 5.41) is 2.84. The topological polar surface area (TPSA) is 66.5 Å². The lowest BCUT2D eigenvalue weighted by molar-refractivity contribution is -0.125. The van der Waals surface area contributed by atoms with Crippen LogP contribution in [0.3, 0.4) is 0 Å². The van der Waals surface area contributed by atoms with Gasteiger partial charge in [0, 0.05) is 38.0 Å². The number of hydrogen-bond acceptors (Lipinski definition) is 3. The molecule has 0 unspecified atom stereocenters. The third-order valence-electron chi connectivity index (χ3n) is 4.01. The summed E-state index contributed by atoms with van der Waals surface area (Å²) in [5.41, 5.74) is -0.152. The van der Waals surface area contributed by atoms with Crippen molar-refractivity contribution in [1.29, 1.82) is 0 Å². The van der Waals surface area contributed by atoms with Crippen LogP contribution >= 0.6 is 0 Å². The first-order valence-electron chi connectivity index (χ1n) is 7.90. The molecule has 0 atom stereocenters. The van der Waals surface area contributed by atoms with Gasteiger partial charge in [0.2, 0.25) is 5.91 Å². The van der Waals surface area contributed by atoms with Gasteiger partial charge in [-0.25, -0.2) is 8.78 Å². The molecule has 1 heterocycles. The number of rotatable bonds is 5. The van der Waals surface area contributed by atoms with Gasteiger partial charge in [0.05, 0.1) is 5.56 Å². The van der Waals surface area contributed by atoms with Gasteiger partial charge in [-0.3, -0.25) is 9.59 Å². The summed E-state index contributed by atoms with van der Waals surface area (Å²) in [6, 6.07) is 2.82. The maximum absolute atomic E-state index is 13.7. The maximum atomic E-state index is 13.7. The zero-order chi connectivity index (χ0) is 17.7. The molecule has 0 bridgehead atoms. The number of likely N-dealkylation sites (tertiary alicyclic amines) is 1. The molecule has 0 aliphatic carbocycles. The van der Waals surface area contributed by atoms with Gasteiger partial charge in [-0.2, -0.15) is 0 Å². The van der Waals surface area contributed by atoms with E-state index in [1.165, 1.54) is 11.8 Å². The molecule has 1 fully saturated rings. The predicted octanol–water partition coefficient (Wildman–Crippen LogP) is 2.05. The van der Waals surface area contributed by atoms with Crippen LogP contribution in [0.5, 0.6) is 0 Å². The Morgan fingerprint density at radius 1 is 1.17 bits per heavy atom. The first-order valence-corrected chi connectivity index (χ1v) is 7.90. The molecule has 0 aromatic heterocycles. The van der Waals surface area contributed by atoms with Crippen LogP contribution in [-0.4, -0.2) is 41.6 Å². The molecule has 0 spiro atoms. The second kappa shape index (κ2) is 7.99. The van der Waals surface area contributed by atoms with Gasteiger partial charge >= 0.3 is 0 Å². The Bertz CT molecular complexity index is 641. The van der Waals surface area contributed by atoms with Crippen LogP contribution in [0.15, 0.2) is 18.2 Å². The number of nitrogens with zero attached hydrogens (tertiary/aromatic N) is 1. The van der Waals surface area contributed by atoms with Crippen molar-refractivity contribution < 1.29 is 23.2 Å². The molecule has 0 radical (unpaired) electrons. The number of hydrogen-bond donors (Lipinski definition) is 1. The SMILES string of the molecule is CC(=O)CCC(=O)NC1CCN(C(=O)c2ccc(F)cc2F)CC1. The van der Waals surface area contributed by atoms with E-state index in [1.807, 2.05) is 0 Å². The first kappa shape index (κ1) is 18.0. The van der Waals surface area contributed by atoms with Crippen molar-refractivity contribution in [3.8, 4) is 0 Å². The number of amides is 2. The van der Waals surface area contributed by atoms with E-state index in [-0.39, 0.29) is 36.1 Å². The number of ketones is 1. The molecule has 1 aliphatic heterocycles. The highest BCUT2D eigenvalue weighted by atomic mass is 19.1. The van der Waals surface area contributed by atoms with E-state index in [2.05, 4.69) is 5.32 Å². The molecule has 24 heavy (non-hydrogen) atoms. The third kappa shape index (κ3) is 4.84. The van der Waals surface area contributed by atoms with E-state index in [1.54, 1.807) is 0 Å². The Kier molecular flexibility index (Phi) is 6.00. The highest BCUT2D eigenvalue weighted by Gasteiger charge is 2.26. The standard InChI is InChI=1S/C17H20F2N2O3/c1-11(22)2-5-16(23)20-13-6-8-21(9-7-13)17(24)14-4-3-12(18)10-15(14)19/h3-4,10,13H,2,5-9H2,1H3,(H,20,23). The molecular formula is C17H20F2N2O3. The van der Waals surface area contributed by atoms with Gasteiger partial charge in [0.25, 0.3) is 5.91 Å². The van der Waals surface area contributed by atoms with Gasteiger partial charge in [-0.1, -0.05) is 0 Å². The van der Waals surface area contributed by atoms with Gasteiger partial charge in [0.15, 0.2) is 0 Å². The molecule has 1 N–H and O–H groups in total. The van der Waals surface area contributed by atoms with E-state index in [9.17, 15) is 23.2 Å². The van der Waals surface area contributed by atoms with Crippen LogP contribution in [0, 0.1) is 11.6 Å². The van der Waals surface area contributed by atoms with E-state index in [0.29, 0.717) is 32.0 Å². The lowest BCUT2D eigenvalue weighted by Gasteiger charge is -2.32. The molecule has 1 saturated heterocycles. The van der Waals surface area contributed by atoms with Crippen molar-refractivity contribution in [3.63, 3.8) is 0 Å². The van der Waals surface area contributed by atoms with Gasteiger partial charge in [0.1, 0.15) is 17.4 Å². The molecule has 1 aliphatic rings. The smallest absolute Gasteiger partial charge is 0.256 e. The lowest BCUT2D eigenvalue weighted by Crippen LogP contribution is -2.46. The van der Waals surface area contributed by atoms with E-state index >= 15 is 0 Å². The Morgan fingerprint density at radius 2 is 1.83 bits per heavy atom. The van der Waals surface area contributed by atoms with Crippen LogP contribution in [0.2, 0.25) is 0 Å². The lowest BCUT2D eigenvalue weighted by atomic mass is 10.0. The van der Waals surface area contributed by atoms with Crippen molar-refractivity contribution in [2.75, 3.05) is 13.1 Å². The highest BCUT2D eigenvalue weighted by molar-refractivity contribution is 5.94. The second-order valence-corrected chi connectivity index (χ2v) is 5.96. The quantitative estimate of drug-likeness (QED) is 0.894. The molecule has 5 nitrogen and oxygen atoms in total. The summed E-state index contributed by atoms with van der Waals surface area (Å²) in [4.78, 5) is 36.3. The van der Waals surface area contributed by atoms with E-state index in [4.69, 9.17) is 0 Å². The summed E-state index contributed by atoms with van der Waals surface area (Å²) >= 11 is 0. The Hall–Kier alpha value is -2.31. The van der Waals surface area contributed by atoms with Crippen molar-refractivity contribution >= 4 is 17.6 Å². The molecule has 1 aromatic rings. The summed E-state index contributed by atoms with van der Waals surface area (Å²) in [6.07, 6.45) is 1.49. The molecule has 0 saturated carbocycles. The minimum absolute atomic E-state index is 0.0353. The number of Topliss-reactive ketones (excluding diaryl/α,β-unsaturated/α-hetero) is 1. The summed E-state index contributed by atoms with van der Waals surface area (Å²) in [7, 11) is 0. The average molecular weight is 338 g/mol. The molecule has 1 aromatic carbocycles. The fourth-order valence-electron chi connectivity index (χ4n) is 2.65. The van der Waals surface area contributed by atoms with E-state index in [0.717, 1.165) is 12.1 Å². The van der Waals surface area contributed by atoms with Crippen molar-refractivity contribution in [1.82, 2.24) is 10.2 Å². The monoisotopic (exact) mass is 338 g/mol. The number of benzene rings is 1. The third-order valence-corrected chi connectivity index (χ3v) is 4.01. The van der Waals surface area contributed by atoms with Crippen molar-refractivity contribution in [3.05, 3.63) is 35.4 Å². The Balaban J connectivity index is 1.85. The van der Waals surface area contributed by atoms with Crippen molar-refractivity contribution in [2.45, 2.75) is 38.6 Å². The Morgan fingerprint density at radius 3 is 2.42 bits per heavy atom. The summed E-state index contributed by atoms with van der Waals surface area (Å²) < 4.78 is 26.6.